The first kappa shape index (κ1) is 31.8. The first-order chi connectivity index (χ1) is 20.9. The lowest BCUT2D eigenvalue weighted by molar-refractivity contribution is 0.0966. The van der Waals surface area contributed by atoms with Gasteiger partial charge in [-0.1, -0.05) is 55.7 Å². The van der Waals surface area contributed by atoms with Crippen LogP contribution in [0.2, 0.25) is 0 Å². The minimum Gasteiger partial charge on any atom is -0.493 e. The first-order valence-corrected chi connectivity index (χ1v) is 15.9. The zero-order chi connectivity index (χ0) is 30.6. The molecule has 43 heavy (non-hydrogen) atoms. The van der Waals surface area contributed by atoms with Crippen molar-refractivity contribution in [1.29, 1.82) is 0 Å². The fourth-order valence-electron chi connectivity index (χ4n) is 5.42. The summed E-state index contributed by atoms with van der Waals surface area (Å²) in [6, 6.07) is 16.0. The van der Waals surface area contributed by atoms with E-state index in [0.29, 0.717) is 30.1 Å². The van der Waals surface area contributed by atoms with Crippen LogP contribution < -0.4 is 14.9 Å². The average molecular weight is 599 g/mol. The van der Waals surface area contributed by atoms with Crippen molar-refractivity contribution >= 4 is 17.4 Å². The highest BCUT2D eigenvalue weighted by atomic mass is 32.1. The maximum atomic E-state index is 13.5. The second-order valence-corrected chi connectivity index (χ2v) is 11.5. The third kappa shape index (κ3) is 8.71. The second kappa shape index (κ2) is 15.9. The van der Waals surface area contributed by atoms with Crippen LogP contribution in [0, 0.1) is 18.8 Å². The van der Waals surface area contributed by atoms with E-state index in [0.717, 1.165) is 79.3 Å². The SMILES string of the molecule is CC#C/C(NC(=O)c1ccc(OCCCCc2ccccc2)c(C)c1)=C1/CC(c2nsc(=O)[nH]2)CN(CCCC)/C1=C/C. The number of rotatable bonds is 12. The van der Waals surface area contributed by atoms with Gasteiger partial charge in [0.2, 0.25) is 0 Å². The molecule has 2 aromatic carbocycles. The van der Waals surface area contributed by atoms with E-state index >= 15 is 0 Å². The van der Waals surface area contributed by atoms with Gasteiger partial charge in [0.1, 0.15) is 11.6 Å². The lowest BCUT2D eigenvalue weighted by Gasteiger charge is -2.38. The molecule has 0 radical (unpaired) electrons. The maximum absolute atomic E-state index is 13.5. The number of carbonyl (C=O) groups excluding carboxylic acids is 1. The van der Waals surface area contributed by atoms with Gasteiger partial charge in [-0.3, -0.25) is 14.6 Å². The van der Waals surface area contributed by atoms with E-state index in [9.17, 15) is 9.59 Å². The Morgan fingerprint density at radius 1 is 1.21 bits per heavy atom. The van der Waals surface area contributed by atoms with Gasteiger partial charge in [0.15, 0.2) is 0 Å². The zero-order valence-electron chi connectivity index (χ0n) is 25.7. The lowest BCUT2D eigenvalue weighted by atomic mass is 9.88. The number of likely N-dealkylation sites (tertiary alicyclic amines) is 1. The number of unbranched alkanes of at least 4 members (excludes halogenated alkanes) is 2. The van der Waals surface area contributed by atoms with Crippen LogP contribution in [0.15, 0.2) is 76.4 Å². The Kier molecular flexibility index (Phi) is 11.8. The number of nitrogens with zero attached hydrogens (tertiary/aromatic N) is 2. The summed E-state index contributed by atoms with van der Waals surface area (Å²) in [6.07, 6.45) is 7.86. The van der Waals surface area contributed by atoms with Crippen molar-refractivity contribution in [2.24, 2.45) is 0 Å². The highest BCUT2D eigenvalue weighted by Gasteiger charge is 2.31. The molecule has 2 N–H and O–H groups in total. The number of aryl methyl sites for hydroxylation is 2. The summed E-state index contributed by atoms with van der Waals surface area (Å²) in [4.78, 5) is 30.5. The normalized spacial score (nSPS) is 16.9. The van der Waals surface area contributed by atoms with E-state index < -0.39 is 0 Å². The number of aromatic amines is 1. The Bertz CT molecular complexity index is 1560. The van der Waals surface area contributed by atoms with E-state index in [1.807, 2.05) is 32.0 Å². The molecule has 1 saturated heterocycles. The largest absolute Gasteiger partial charge is 0.493 e. The Labute approximate surface area is 259 Å². The minimum atomic E-state index is -0.220. The van der Waals surface area contributed by atoms with Crippen molar-refractivity contribution in [1.82, 2.24) is 19.6 Å². The molecular weight excluding hydrogens is 556 g/mol. The van der Waals surface area contributed by atoms with Gasteiger partial charge in [-0.25, -0.2) is 0 Å². The number of piperidine rings is 1. The van der Waals surface area contributed by atoms with Gasteiger partial charge in [0.05, 0.1) is 12.3 Å². The van der Waals surface area contributed by atoms with E-state index in [1.54, 1.807) is 13.0 Å². The molecule has 1 amide bonds. The monoisotopic (exact) mass is 598 g/mol. The summed E-state index contributed by atoms with van der Waals surface area (Å²) in [7, 11) is 0. The molecule has 1 atom stereocenters. The Hall–Kier alpha value is -4.09. The van der Waals surface area contributed by atoms with E-state index in [-0.39, 0.29) is 16.7 Å². The van der Waals surface area contributed by atoms with Gasteiger partial charge in [-0.05, 0) is 88.1 Å². The topological polar surface area (TPSA) is 87.3 Å². The molecule has 2 heterocycles. The molecule has 4 rings (SSSR count). The van der Waals surface area contributed by atoms with Crippen LogP contribution in [0.5, 0.6) is 5.75 Å². The van der Waals surface area contributed by atoms with Crippen molar-refractivity contribution in [3.8, 4) is 17.6 Å². The zero-order valence-corrected chi connectivity index (χ0v) is 26.5. The maximum Gasteiger partial charge on any atom is 0.323 e. The molecular formula is C35H42N4O3S. The number of hydrogen-bond acceptors (Lipinski definition) is 6. The quantitative estimate of drug-likeness (QED) is 0.178. The molecule has 1 aromatic heterocycles. The Morgan fingerprint density at radius 2 is 2.02 bits per heavy atom. The van der Waals surface area contributed by atoms with Crippen molar-refractivity contribution in [2.75, 3.05) is 19.7 Å². The van der Waals surface area contributed by atoms with Gasteiger partial charge in [0.25, 0.3) is 5.91 Å². The van der Waals surface area contributed by atoms with Crippen LogP contribution in [0.4, 0.5) is 0 Å². The third-order valence-corrected chi connectivity index (χ3v) is 8.18. The number of carbonyl (C=O) groups is 1. The Balaban J connectivity index is 1.48. The van der Waals surface area contributed by atoms with Crippen LogP contribution in [-0.2, 0) is 6.42 Å². The van der Waals surface area contributed by atoms with Crippen LogP contribution in [0.3, 0.4) is 0 Å². The summed E-state index contributed by atoms with van der Waals surface area (Å²) in [5.74, 6) is 7.40. The molecule has 0 spiro atoms. The van der Waals surface area contributed by atoms with Gasteiger partial charge in [-0.2, -0.15) is 4.37 Å². The number of nitrogens with one attached hydrogen (secondary N) is 2. The predicted molar refractivity (Wildman–Crippen MR) is 174 cm³/mol. The van der Waals surface area contributed by atoms with E-state index in [4.69, 9.17) is 4.74 Å². The molecule has 7 nitrogen and oxygen atoms in total. The highest BCUT2D eigenvalue weighted by Crippen LogP contribution is 2.36. The molecule has 3 aromatic rings. The summed E-state index contributed by atoms with van der Waals surface area (Å²) in [6.45, 7) is 10.2. The summed E-state index contributed by atoms with van der Waals surface area (Å²) < 4.78 is 10.4. The minimum absolute atomic E-state index is 0.00793. The van der Waals surface area contributed by atoms with Gasteiger partial charge in [0, 0.05) is 47.4 Å². The van der Waals surface area contributed by atoms with Gasteiger partial charge < -0.3 is 15.0 Å². The van der Waals surface area contributed by atoms with E-state index in [1.165, 1.54) is 5.56 Å². The summed E-state index contributed by atoms with van der Waals surface area (Å²) in [5, 5.41) is 3.11. The van der Waals surface area contributed by atoms with Crippen molar-refractivity contribution < 1.29 is 9.53 Å². The Morgan fingerprint density at radius 3 is 2.70 bits per heavy atom. The van der Waals surface area contributed by atoms with Gasteiger partial charge in [-0.15, -0.1) is 0 Å². The van der Waals surface area contributed by atoms with Crippen molar-refractivity contribution in [3.63, 3.8) is 0 Å². The fraction of sp³-hybridized carbons (Fsp3) is 0.400. The molecule has 0 aliphatic carbocycles. The number of allylic oxidation sites excluding steroid dienone is 3. The molecule has 1 aliphatic heterocycles. The molecule has 8 heteroatoms. The smallest absolute Gasteiger partial charge is 0.323 e. The molecule has 226 valence electrons. The number of amides is 1. The number of H-pyrrole nitrogens is 1. The average Bonchev–Trinajstić information content (AvgIpc) is 3.46. The van der Waals surface area contributed by atoms with E-state index in [2.05, 4.69) is 68.7 Å². The number of aromatic nitrogens is 2. The van der Waals surface area contributed by atoms with Crippen molar-refractivity contribution in [2.45, 2.75) is 72.1 Å². The van der Waals surface area contributed by atoms with Gasteiger partial charge >= 0.3 is 4.87 Å². The standard InChI is InChI=1S/C35H42N4O3S/c1-5-8-20-39-24-28(33-37-35(41)43-38-33)23-29(31(39)7-3)30(14-6-2)36-34(40)27-18-19-32(25(4)22-27)42-21-13-12-17-26-15-10-9-11-16-26/h7,9-11,15-16,18-19,22,28H,5,8,12-13,17,20-21,23-24H2,1-4H3,(H,36,40)(H,37,38,41)/b30-29+,31-7+. The number of hydrogen-bond donors (Lipinski definition) is 2. The highest BCUT2D eigenvalue weighted by molar-refractivity contribution is 7.02. The molecule has 1 fully saturated rings. The van der Waals surface area contributed by atoms with Crippen LogP contribution in [0.1, 0.15) is 86.1 Å². The predicted octanol–water partition coefficient (Wildman–Crippen LogP) is 6.74. The summed E-state index contributed by atoms with van der Waals surface area (Å²) in [5.41, 5.74) is 5.41. The second-order valence-electron chi connectivity index (χ2n) is 10.8. The fourth-order valence-corrected chi connectivity index (χ4v) is 5.95. The molecule has 1 aliphatic rings. The lowest BCUT2D eigenvalue weighted by Crippen LogP contribution is -2.37. The molecule has 1 unspecified atom stereocenters. The molecule has 0 saturated carbocycles. The summed E-state index contributed by atoms with van der Waals surface area (Å²) >= 11 is 0.942. The number of benzene rings is 2. The number of ether oxygens (including phenoxy) is 1. The van der Waals surface area contributed by atoms with Crippen molar-refractivity contribution in [3.05, 3.63) is 104 Å². The van der Waals surface area contributed by atoms with Crippen LogP contribution >= 0.6 is 11.5 Å². The third-order valence-electron chi connectivity index (χ3n) is 7.63. The van der Waals surface area contributed by atoms with Crippen LogP contribution in [-0.4, -0.2) is 39.9 Å². The molecule has 0 bridgehead atoms. The first-order valence-electron chi connectivity index (χ1n) is 15.2. The van der Waals surface area contributed by atoms with Crippen LogP contribution in [0.25, 0.3) is 0 Å².